The monoisotopic (exact) mass is 388 g/mol. The summed E-state index contributed by atoms with van der Waals surface area (Å²) in [5, 5.41) is 8.85. The average Bonchev–Trinajstić information content (AvgIpc) is 3.01. The van der Waals surface area contributed by atoms with E-state index in [0.717, 1.165) is 11.3 Å². The van der Waals surface area contributed by atoms with Crippen LogP contribution in [0.3, 0.4) is 0 Å². The van der Waals surface area contributed by atoms with Crippen molar-refractivity contribution in [1.29, 1.82) is 0 Å². The van der Waals surface area contributed by atoms with Gasteiger partial charge in [0.2, 0.25) is 0 Å². The molecule has 150 valence electrons. The van der Waals surface area contributed by atoms with E-state index < -0.39 is 5.97 Å². The third-order valence-electron chi connectivity index (χ3n) is 6.89. The number of benzene rings is 2. The van der Waals surface area contributed by atoms with Gasteiger partial charge < -0.3 is 9.84 Å². The van der Waals surface area contributed by atoms with Crippen LogP contribution in [0, 0.1) is 11.8 Å². The number of carboxylic acid groups (broad SMARTS) is 1. The summed E-state index contributed by atoms with van der Waals surface area (Å²) in [5.74, 6) is 4.67. The molecule has 1 N–H and O–H groups in total. The molecular weight excluding hydrogens is 360 g/mol. The van der Waals surface area contributed by atoms with Gasteiger partial charge in [-0.3, -0.25) is 0 Å². The summed E-state index contributed by atoms with van der Waals surface area (Å²) >= 11 is 0. The normalized spacial score (nSPS) is 23.2. The molecule has 1 aliphatic carbocycles. The summed E-state index contributed by atoms with van der Waals surface area (Å²) in [4.78, 5) is 10.8. The Morgan fingerprint density at radius 2 is 1.62 bits per heavy atom. The highest BCUT2D eigenvalue weighted by atomic mass is 16.5. The number of ether oxygens (including phenoxy) is 1. The van der Waals surface area contributed by atoms with Gasteiger partial charge in [0.05, 0.1) is 5.41 Å². The molecule has 0 fully saturated rings. The Kier molecular flexibility index (Phi) is 4.31. The second kappa shape index (κ2) is 6.39. The summed E-state index contributed by atoms with van der Waals surface area (Å²) < 4.78 is 6.02. The van der Waals surface area contributed by atoms with Crippen molar-refractivity contribution >= 4 is 5.97 Å². The van der Waals surface area contributed by atoms with Crippen molar-refractivity contribution in [3.8, 4) is 17.6 Å². The van der Waals surface area contributed by atoms with E-state index in [1.165, 1.54) is 29.5 Å². The molecule has 2 aromatic rings. The number of carboxylic acids is 1. The molecule has 1 aliphatic heterocycles. The quantitative estimate of drug-likeness (QED) is 0.686. The van der Waals surface area contributed by atoms with Crippen molar-refractivity contribution in [2.75, 3.05) is 6.61 Å². The first kappa shape index (κ1) is 19.6. The number of hydrogen-bond acceptors (Lipinski definition) is 2. The van der Waals surface area contributed by atoms with Gasteiger partial charge in [-0.15, -0.1) is 0 Å². The zero-order chi connectivity index (χ0) is 21.0. The van der Waals surface area contributed by atoms with Crippen molar-refractivity contribution in [3.63, 3.8) is 0 Å². The molecule has 29 heavy (non-hydrogen) atoms. The van der Waals surface area contributed by atoms with Crippen LogP contribution >= 0.6 is 0 Å². The molecule has 3 heteroatoms. The van der Waals surface area contributed by atoms with Crippen LogP contribution in [0.2, 0.25) is 0 Å². The fourth-order valence-electron chi connectivity index (χ4n) is 4.76. The highest BCUT2D eigenvalue weighted by Gasteiger charge is 2.41. The zero-order valence-electron chi connectivity index (χ0n) is 17.8. The maximum atomic E-state index is 10.8. The summed E-state index contributed by atoms with van der Waals surface area (Å²) in [6, 6.07) is 12.6. The Labute approximate surface area is 173 Å². The van der Waals surface area contributed by atoms with E-state index in [1.54, 1.807) is 0 Å². The maximum absolute atomic E-state index is 10.8. The number of carbonyl (C=O) groups is 1. The molecule has 0 saturated carbocycles. The molecule has 0 saturated heterocycles. The van der Waals surface area contributed by atoms with Crippen molar-refractivity contribution in [2.45, 2.75) is 63.7 Å². The Balaban J connectivity index is 1.83. The van der Waals surface area contributed by atoms with Gasteiger partial charge in [-0.05, 0) is 65.5 Å². The number of rotatable bonds is 1. The first-order valence-corrected chi connectivity index (χ1v) is 10.2. The fourth-order valence-corrected chi connectivity index (χ4v) is 4.76. The van der Waals surface area contributed by atoms with Gasteiger partial charge in [0.25, 0.3) is 0 Å². The lowest BCUT2D eigenvalue weighted by Crippen LogP contribution is -2.35. The molecule has 1 heterocycles. The van der Waals surface area contributed by atoms with Crippen molar-refractivity contribution in [3.05, 3.63) is 64.2 Å². The van der Waals surface area contributed by atoms with Gasteiger partial charge in [-0.1, -0.05) is 51.8 Å². The van der Waals surface area contributed by atoms with Crippen LogP contribution in [0.5, 0.6) is 5.75 Å². The van der Waals surface area contributed by atoms with Crippen LogP contribution in [0.25, 0.3) is 0 Å². The predicted molar refractivity (Wildman–Crippen MR) is 115 cm³/mol. The number of hydrogen-bond donors (Lipinski definition) is 1. The lowest BCUT2D eigenvalue weighted by Gasteiger charge is -2.42. The Morgan fingerprint density at radius 3 is 2.31 bits per heavy atom. The Bertz CT molecular complexity index is 1070. The van der Waals surface area contributed by atoms with E-state index in [4.69, 9.17) is 9.84 Å². The molecule has 1 unspecified atom stereocenters. The average molecular weight is 389 g/mol. The first-order chi connectivity index (χ1) is 13.5. The zero-order valence-corrected chi connectivity index (χ0v) is 17.8. The van der Waals surface area contributed by atoms with Gasteiger partial charge in [0, 0.05) is 17.0 Å². The number of fused-ring (bicyclic) bond motifs is 2. The lowest BCUT2D eigenvalue weighted by molar-refractivity contribution is -0.130. The van der Waals surface area contributed by atoms with Crippen LogP contribution in [0.4, 0.5) is 0 Å². The van der Waals surface area contributed by atoms with E-state index in [-0.39, 0.29) is 16.2 Å². The third kappa shape index (κ3) is 3.21. The molecule has 0 bridgehead atoms. The van der Waals surface area contributed by atoms with Crippen molar-refractivity contribution in [1.82, 2.24) is 0 Å². The molecule has 0 aromatic heterocycles. The minimum Gasteiger partial charge on any atom is -0.492 e. The minimum absolute atomic E-state index is 0.147. The molecule has 2 aliphatic rings. The topological polar surface area (TPSA) is 46.5 Å². The molecule has 0 spiro atoms. The Morgan fingerprint density at radius 1 is 0.931 bits per heavy atom. The van der Waals surface area contributed by atoms with Gasteiger partial charge in [-0.25, -0.2) is 4.79 Å². The molecule has 1 atom stereocenters. The van der Waals surface area contributed by atoms with Gasteiger partial charge in [0.15, 0.2) is 0 Å². The first-order valence-electron chi connectivity index (χ1n) is 10.2. The summed E-state index contributed by atoms with van der Waals surface area (Å²) in [6.07, 6.45) is 2.37. The SMILES string of the molecule is CC1(C)CCC(C)(C)c2cc(C3(C)COc4ccc(C#CC(=O)O)cc43)ccc21. The lowest BCUT2D eigenvalue weighted by atomic mass is 9.62. The van der Waals surface area contributed by atoms with Crippen LogP contribution < -0.4 is 4.74 Å². The molecule has 2 aromatic carbocycles. The van der Waals surface area contributed by atoms with Gasteiger partial charge >= 0.3 is 5.97 Å². The molecule has 0 amide bonds. The van der Waals surface area contributed by atoms with Crippen LogP contribution in [-0.2, 0) is 21.0 Å². The maximum Gasteiger partial charge on any atom is 0.382 e. The second-order valence-corrected chi connectivity index (χ2v) is 9.92. The van der Waals surface area contributed by atoms with Crippen molar-refractivity contribution < 1.29 is 14.6 Å². The van der Waals surface area contributed by atoms with Crippen molar-refractivity contribution in [2.24, 2.45) is 0 Å². The van der Waals surface area contributed by atoms with E-state index in [2.05, 4.69) is 64.7 Å². The molecule has 4 rings (SSSR count). The van der Waals surface area contributed by atoms with E-state index >= 15 is 0 Å². The van der Waals surface area contributed by atoms with Crippen LogP contribution in [0.15, 0.2) is 36.4 Å². The highest BCUT2D eigenvalue weighted by molar-refractivity contribution is 5.87. The smallest absolute Gasteiger partial charge is 0.382 e. The fraction of sp³-hybridized carbons (Fsp3) is 0.423. The number of aliphatic carboxylic acids is 1. The van der Waals surface area contributed by atoms with Crippen LogP contribution in [-0.4, -0.2) is 17.7 Å². The van der Waals surface area contributed by atoms with Crippen LogP contribution in [0.1, 0.15) is 75.3 Å². The third-order valence-corrected chi connectivity index (χ3v) is 6.89. The highest BCUT2D eigenvalue weighted by Crippen LogP contribution is 2.49. The standard InChI is InChI=1S/C26H28O3/c1-24(2)12-13-25(3,4)20-15-18(8-9-19(20)24)26(5)16-29-22-10-6-17(14-21(22)26)7-11-23(27)28/h6,8-10,14-15H,12-13,16H2,1-5H3,(H,27,28). The minimum atomic E-state index is -1.12. The van der Waals surface area contributed by atoms with E-state index in [9.17, 15) is 4.79 Å². The summed E-state index contributed by atoms with van der Waals surface area (Å²) in [7, 11) is 0. The predicted octanol–water partition coefficient (Wildman–Crippen LogP) is 5.17. The Hall–Kier alpha value is -2.73. The molecule has 3 nitrogen and oxygen atoms in total. The van der Waals surface area contributed by atoms with E-state index in [0.29, 0.717) is 12.2 Å². The molecular formula is C26H28O3. The van der Waals surface area contributed by atoms with E-state index in [1.807, 2.05) is 18.2 Å². The van der Waals surface area contributed by atoms with Gasteiger partial charge in [-0.2, -0.15) is 0 Å². The van der Waals surface area contributed by atoms with Gasteiger partial charge in [0.1, 0.15) is 12.4 Å². The molecule has 0 radical (unpaired) electrons. The summed E-state index contributed by atoms with van der Waals surface area (Å²) in [5.41, 5.74) is 5.93. The summed E-state index contributed by atoms with van der Waals surface area (Å²) in [6.45, 7) is 12.1. The largest absolute Gasteiger partial charge is 0.492 e. The second-order valence-electron chi connectivity index (χ2n) is 9.92.